The zero-order valence-electron chi connectivity index (χ0n) is 11.1. The van der Waals surface area contributed by atoms with Crippen LogP contribution in [0.15, 0.2) is 12.1 Å². The average molecular weight is 233 g/mol. The van der Waals surface area contributed by atoms with Gasteiger partial charge in [0.15, 0.2) is 0 Å². The van der Waals surface area contributed by atoms with Gasteiger partial charge in [-0.05, 0) is 37.7 Å². The third-order valence-electron chi connectivity index (χ3n) is 3.65. The summed E-state index contributed by atoms with van der Waals surface area (Å²) in [5, 5.41) is 3.57. The van der Waals surface area contributed by atoms with Crippen LogP contribution in [0.4, 0.5) is 5.82 Å². The number of nitrogens with two attached hydrogens (primary N) is 1. The lowest BCUT2D eigenvalue weighted by molar-refractivity contribution is 0.378. The monoisotopic (exact) mass is 233 g/mol. The molecule has 0 bridgehead atoms. The summed E-state index contributed by atoms with van der Waals surface area (Å²) in [6.45, 7) is 7.24. The summed E-state index contributed by atoms with van der Waals surface area (Å²) in [5.74, 6) is 0.982. The molecule has 0 saturated heterocycles. The van der Waals surface area contributed by atoms with Crippen LogP contribution in [-0.2, 0) is 6.54 Å². The third kappa shape index (κ3) is 2.97. The van der Waals surface area contributed by atoms with Crippen LogP contribution in [0.25, 0.3) is 0 Å². The van der Waals surface area contributed by atoms with Gasteiger partial charge in [0.05, 0.1) is 0 Å². The van der Waals surface area contributed by atoms with Crippen LogP contribution in [0.3, 0.4) is 0 Å². The zero-order valence-corrected chi connectivity index (χ0v) is 11.1. The second-order valence-electron chi connectivity index (χ2n) is 5.91. The molecule has 0 spiro atoms. The van der Waals surface area contributed by atoms with Crippen LogP contribution >= 0.6 is 0 Å². The van der Waals surface area contributed by atoms with Gasteiger partial charge in [-0.3, -0.25) is 0 Å². The van der Waals surface area contributed by atoms with Gasteiger partial charge in [0, 0.05) is 23.8 Å². The zero-order chi connectivity index (χ0) is 12.5. The van der Waals surface area contributed by atoms with E-state index in [1.165, 1.54) is 19.3 Å². The second kappa shape index (κ2) is 4.65. The molecule has 1 aliphatic rings. The molecule has 1 unspecified atom stereocenters. The van der Waals surface area contributed by atoms with Gasteiger partial charge in [0.25, 0.3) is 0 Å². The first-order valence-electron chi connectivity index (χ1n) is 6.43. The Balaban J connectivity index is 2.11. The molecule has 1 aromatic rings. The maximum Gasteiger partial charge on any atom is 0.130 e. The minimum Gasteiger partial charge on any atom is -0.367 e. The largest absolute Gasteiger partial charge is 0.367 e. The predicted molar refractivity (Wildman–Crippen MR) is 71.9 cm³/mol. The van der Waals surface area contributed by atoms with E-state index in [2.05, 4.69) is 30.2 Å². The van der Waals surface area contributed by atoms with Gasteiger partial charge in [-0.1, -0.05) is 19.9 Å². The molecule has 1 heterocycles. The summed E-state index contributed by atoms with van der Waals surface area (Å²) < 4.78 is 0. The molecule has 17 heavy (non-hydrogen) atoms. The van der Waals surface area contributed by atoms with Crippen LogP contribution in [0, 0.1) is 12.3 Å². The van der Waals surface area contributed by atoms with Crippen LogP contribution in [0.1, 0.15) is 44.4 Å². The molecular weight excluding hydrogens is 210 g/mol. The first-order valence-corrected chi connectivity index (χ1v) is 6.43. The molecule has 94 valence electrons. The minimum atomic E-state index is 0.463. The molecule has 1 aromatic heterocycles. The van der Waals surface area contributed by atoms with Crippen molar-refractivity contribution in [3.63, 3.8) is 0 Å². The number of aryl methyl sites for hydroxylation is 1. The average Bonchev–Trinajstić information content (AvgIpc) is 2.58. The Hall–Kier alpha value is -1.09. The summed E-state index contributed by atoms with van der Waals surface area (Å²) in [6, 6.07) is 4.64. The molecule has 0 amide bonds. The number of nitrogens with one attached hydrogen (secondary N) is 1. The fourth-order valence-corrected chi connectivity index (χ4v) is 2.63. The van der Waals surface area contributed by atoms with Gasteiger partial charge in [-0.25, -0.2) is 4.98 Å². The quantitative estimate of drug-likeness (QED) is 0.844. The fraction of sp³-hybridized carbons (Fsp3) is 0.643. The standard InChI is InChI=1S/C14H23N3/c1-10-4-5-11(9-15)13(16-10)17-12-6-7-14(2,3)8-12/h4-5,12H,6-9,15H2,1-3H3,(H,16,17). The van der Waals surface area contributed by atoms with Crippen molar-refractivity contribution in [2.24, 2.45) is 11.1 Å². The molecule has 0 aliphatic heterocycles. The number of aromatic nitrogens is 1. The van der Waals surface area contributed by atoms with E-state index in [0.29, 0.717) is 18.0 Å². The lowest BCUT2D eigenvalue weighted by atomic mass is 9.92. The molecule has 3 nitrogen and oxygen atoms in total. The van der Waals surface area contributed by atoms with E-state index in [0.717, 1.165) is 17.1 Å². The highest BCUT2D eigenvalue weighted by molar-refractivity contribution is 5.46. The van der Waals surface area contributed by atoms with Crippen LogP contribution < -0.4 is 11.1 Å². The molecule has 0 radical (unpaired) electrons. The normalized spacial score (nSPS) is 22.7. The summed E-state index contributed by atoms with van der Waals surface area (Å²) in [6.07, 6.45) is 3.73. The van der Waals surface area contributed by atoms with Gasteiger partial charge < -0.3 is 11.1 Å². The van der Waals surface area contributed by atoms with Crippen molar-refractivity contribution < 1.29 is 0 Å². The Morgan fingerprint density at radius 1 is 1.47 bits per heavy atom. The van der Waals surface area contributed by atoms with Crippen molar-refractivity contribution in [1.82, 2.24) is 4.98 Å². The first-order chi connectivity index (χ1) is 8.00. The number of rotatable bonds is 3. The lowest BCUT2D eigenvalue weighted by Crippen LogP contribution is -2.20. The molecule has 3 N–H and O–H groups in total. The van der Waals surface area contributed by atoms with Crippen LogP contribution in [-0.4, -0.2) is 11.0 Å². The van der Waals surface area contributed by atoms with Crippen LogP contribution in [0.5, 0.6) is 0 Å². The van der Waals surface area contributed by atoms with E-state index in [1.807, 2.05) is 13.0 Å². The van der Waals surface area contributed by atoms with Crippen LogP contribution in [0.2, 0.25) is 0 Å². The highest BCUT2D eigenvalue weighted by Crippen LogP contribution is 2.38. The van der Waals surface area contributed by atoms with Crippen molar-refractivity contribution in [2.45, 2.75) is 52.6 Å². The first kappa shape index (κ1) is 12.4. The molecule has 1 saturated carbocycles. The number of hydrogen-bond donors (Lipinski definition) is 2. The maximum atomic E-state index is 5.75. The highest BCUT2D eigenvalue weighted by atomic mass is 15.0. The van der Waals surface area contributed by atoms with Gasteiger partial charge in [0.2, 0.25) is 0 Å². The predicted octanol–water partition coefficient (Wildman–Crippen LogP) is 2.84. The van der Waals surface area contributed by atoms with Crippen molar-refractivity contribution in [1.29, 1.82) is 0 Å². The number of hydrogen-bond acceptors (Lipinski definition) is 3. The van der Waals surface area contributed by atoms with E-state index >= 15 is 0 Å². The number of pyridine rings is 1. The molecule has 1 atom stereocenters. The topological polar surface area (TPSA) is 50.9 Å². The smallest absolute Gasteiger partial charge is 0.130 e. The van der Waals surface area contributed by atoms with E-state index in [1.54, 1.807) is 0 Å². The summed E-state index contributed by atoms with van der Waals surface area (Å²) in [7, 11) is 0. The van der Waals surface area contributed by atoms with E-state index in [9.17, 15) is 0 Å². The summed E-state index contributed by atoms with van der Waals surface area (Å²) >= 11 is 0. The van der Waals surface area contributed by atoms with Crippen molar-refractivity contribution >= 4 is 5.82 Å². The molecular formula is C14H23N3. The Kier molecular flexibility index (Phi) is 3.38. The Bertz CT molecular complexity index is 398. The van der Waals surface area contributed by atoms with E-state index < -0.39 is 0 Å². The van der Waals surface area contributed by atoms with Gasteiger partial charge in [-0.2, -0.15) is 0 Å². The highest BCUT2D eigenvalue weighted by Gasteiger charge is 2.31. The molecule has 1 fully saturated rings. The molecule has 3 heteroatoms. The molecule has 1 aliphatic carbocycles. The lowest BCUT2D eigenvalue weighted by Gasteiger charge is -2.19. The Morgan fingerprint density at radius 3 is 2.82 bits per heavy atom. The van der Waals surface area contributed by atoms with Gasteiger partial charge in [-0.15, -0.1) is 0 Å². The minimum absolute atomic E-state index is 0.463. The SMILES string of the molecule is Cc1ccc(CN)c(NC2CCC(C)(C)C2)n1. The number of nitrogens with zero attached hydrogens (tertiary/aromatic N) is 1. The van der Waals surface area contributed by atoms with Crippen molar-refractivity contribution in [2.75, 3.05) is 5.32 Å². The maximum absolute atomic E-state index is 5.75. The van der Waals surface area contributed by atoms with E-state index in [4.69, 9.17) is 5.73 Å². The van der Waals surface area contributed by atoms with Crippen molar-refractivity contribution in [3.8, 4) is 0 Å². The number of anilines is 1. The Morgan fingerprint density at radius 2 is 2.24 bits per heavy atom. The fourth-order valence-electron chi connectivity index (χ4n) is 2.63. The molecule has 0 aromatic carbocycles. The third-order valence-corrected chi connectivity index (χ3v) is 3.65. The second-order valence-corrected chi connectivity index (χ2v) is 5.91. The Labute approximate surface area is 104 Å². The molecule has 2 rings (SSSR count). The summed E-state index contributed by atoms with van der Waals surface area (Å²) in [4.78, 5) is 4.56. The van der Waals surface area contributed by atoms with Gasteiger partial charge >= 0.3 is 0 Å². The van der Waals surface area contributed by atoms with Crippen molar-refractivity contribution in [3.05, 3.63) is 23.4 Å². The van der Waals surface area contributed by atoms with E-state index in [-0.39, 0.29) is 0 Å². The summed E-state index contributed by atoms with van der Waals surface area (Å²) in [5.41, 5.74) is 8.37. The van der Waals surface area contributed by atoms with Gasteiger partial charge in [0.1, 0.15) is 5.82 Å².